The van der Waals surface area contributed by atoms with E-state index >= 15 is 0 Å². The van der Waals surface area contributed by atoms with Crippen LogP contribution >= 0.6 is 0 Å². The van der Waals surface area contributed by atoms with E-state index in [1.54, 1.807) is 65.6 Å². The number of H-pyrrole nitrogens is 3. The molecule has 0 spiro atoms. The van der Waals surface area contributed by atoms with Crippen LogP contribution in [0.2, 0.25) is 0 Å². The second-order valence-electron chi connectivity index (χ2n) is 31.3. The molecule has 1 fully saturated rings. The SMILES string of the molecule is CCN(CC)CCNC(=O)c1ccc(Nc2ncc3nnn(-c4cccc(-c5nn[nH]n5)c4)c3n2)cc1.CCN(CC)CCNC(=O)c1ccc(Nc2ncc3nnn(C4CCc5ccccc54)c3n2)cc1.CCOC(=O)N1CCC(n2nnc3cnc(Nc4cccc(-c5nn[nH]n5)c4)nc32)CC1.c1cc(Nc2ncc3nnn(C4CCc5ccccc54)c3n2)cc(-c2nn[nH]n2)c1. The summed E-state index contributed by atoms with van der Waals surface area (Å²) in [6.07, 6.45) is 11.9. The van der Waals surface area contributed by atoms with Gasteiger partial charge in [-0.3, -0.25) is 9.59 Å². The van der Waals surface area contributed by atoms with E-state index in [9.17, 15) is 14.4 Å². The van der Waals surface area contributed by atoms with Gasteiger partial charge in [0.2, 0.25) is 41.3 Å². The van der Waals surface area contributed by atoms with Crippen molar-refractivity contribution < 1.29 is 19.1 Å². The average molecular weight is 1800 g/mol. The normalized spacial score (nSPS) is 13.9. The lowest BCUT2D eigenvalue weighted by atomic mass is 10.1. The van der Waals surface area contributed by atoms with Gasteiger partial charge in [-0.25, -0.2) is 38.8 Å². The Bertz CT molecular complexity index is 7010. The maximum absolute atomic E-state index is 12.5. The van der Waals surface area contributed by atoms with Crippen molar-refractivity contribution in [2.75, 3.05) is 93.3 Å². The molecule has 1 aliphatic heterocycles. The first-order chi connectivity index (χ1) is 65.9. The van der Waals surface area contributed by atoms with Crippen molar-refractivity contribution >= 4 is 109 Å². The lowest BCUT2D eigenvalue weighted by molar-refractivity contribution is 0.0914. The van der Waals surface area contributed by atoms with Crippen LogP contribution in [0, 0.1) is 0 Å². The molecule has 45 nitrogen and oxygen atoms in total. The second kappa shape index (κ2) is 41.2. The smallest absolute Gasteiger partial charge is 0.409 e. The molecule has 21 rings (SSSR count). The number of aryl methyl sites for hydroxylation is 2. The average Bonchev–Trinajstić information content (AvgIpc) is 1.62. The highest BCUT2D eigenvalue weighted by atomic mass is 16.6. The van der Waals surface area contributed by atoms with Gasteiger partial charge in [0.25, 0.3) is 11.8 Å². The van der Waals surface area contributed by atoms with E-state index in [1.165, 1.54) is 22.3 Å². The van der Waals surface area contributed by atoms with E-state index in [4.69, 9.17) is 14.7 Å². The maximum Gasteiger partial charge on any atom is 0.409 e. The topological polar surface area (TPSA) is 532 Å². The molecule has 2 aliphatic carbocycles. The molecule has 18 aromatic rings. The number of likely N-dealkylation sites (N-methyl/N-ethyl adjacent to an activating group) is 2. The van der Waals surface area contributed by atoms with E-state index in [0.717, 1.165) is 123 Å². The number of hydrogen-bond acceptors (Lipinski definition) is 35. The van der Waals surface area contributed by atoms with Gasteiger partial charge in [0.1, 0.15) is 0 Å². The second-order valence-corrected chi connectivity index (χ2v) is 31.3. The van der Waals surface area contributed by atoms with Gasteiger partial charge in [-0.2, -0.15) is 40.3 Å². The first-order valence-corrected chi connectivity index (χ1v) is 44.1. The van der Waals surface area contributed by atoms with Crippen LogP contribution in [0.5, 0.6) is 0 Å². The van der Waals surface area contributed by atoms with Crippen molar-refractivity contribution in [3.8, 4) is 39.9 Å². The lowest BCUT2D eigenvalue weighted by Crippen LogP contribution is -2.39. The molecule has 0 bridgehead atoms. The summed E-state index contributed by atoms with van der Waals surface area (Å²) in [6.45, 7) is 18.6. The summed E-state index contributed by atoms with van der Waals surface area (Å²) >= 11 is 0. The standard InChI is InChI=1S/C26H30N8O.C24H26N12O.C20H16N10.C19H21N11O2/c1-3-33(4-2)16-15-27-25(35)19-9-12-20(13-10-19)29-26-28-17-22-24(30-26)34(32-31-22)23-14-11-18-7-5-6-8-21(18)23;1-3-35(4-2)13-12-25-23(37)16-8-10-18(11-9-16)27-24-26-15-20-22(28-24)36(34-29-20)19-7-5-6-17(14-19)21-30-32-33-31-21;1-2-7-15-12(4-1)8-9-17(15)30-19-16(24-29-30)11-21-20(23-19)22-14-6-3-5-13(10-14)18-25-27-28-26-18;1-2-32-19(31)29-8-6-14(7-9-29)30-17-15(23-28-30)11-20-18(22-17)21-13-5-3-4-12(10-13)16-24-26-27-25-16/h5-10,12-13,17,23H,3-4,11,14-16H2,1-2H3,(H,27,35)(H,28,29,30);5-11,14-15H,3-4,12-13H2,1-2H3,(H,25,37)(H,26,27,28)(H,30,31,32,33);1-7,10-11,17H,8-9H2,(H,21,22,23)(H,25,26,27,28);3-5,10-11,14H,2,6-9H2,1H3,(H,20,21,22)(H,24,25,26,27). The van der Waals surface area contributed by atoms with E-state index < -0.39 is 0 Å². The third-order valence-electron chi connectivity index (χ3n) is 23.1. The third kappa shape index (κ3) is 20.4. The lowest BCUT2D eigenvalue weighted by Gasteiger charge is -2.31. The number of nitrogens with one attached hydrogen (secondary N) is 9. The molecule has 9 N–H and O–H groups in total. The number of likely N-dealkylation sites (tertiary alicyclic amines) is 1. The van der Waals surface area contributed by atoms with Gasteiger partial charge >= 0.3 is 6.09 Å². The number of benzene rings is 7. The van der Waals surface area contributed by atoms with Gasteiger partial charge in [-0.15, -0.1) is 51.0 Å². The van der Waals surface area contributed by atoms with Crippen molar-refractivity contribution in [2.24, 2.45) is 0 Å². The Balaban J connectivity index is 0.000000120. The van der Waals surface area contributed by atoms with Crippen molar-refractivity contribution in [1.29, 1.82) is 0 Å². The number of carbonyl (C=O) groups is 3. The monoisotopic (exact) mass is 1800 g/mol. The number of amides is 3. The molecule has 678 valence electrons. The minimum absolute atomic E-state index is 0.0757. The molecule has 45 heteroatoms. The summed E-state index contributed by atoms with van der Waals surface area (Å²) in [5.74, 6) is 3.06. The first kappa shape index (κ1) is 87.7. The number of aromatic nitrogens is 32. The van der Waals surface area contributed by atoms with Crippen molar-refractivity contribution in [2.45, 2.75) is 91.3 Å². The zero-order valence-corrected chi connectivity index (χ0v) is 73.7. The van der Waals surface area contributed by atoms with Crippen LogP contribution in [-0.2, 0) is 17.6 Å². The van der Waals surface area contributed by atoms with Crippen LogP contribution in [0.1, 0.15) is 121 Å². The van der Waals surface area contributed by atoms with Crippen molar-refractivity contribution in [1.82, 2.24) is 187 Å². The summed E-state index contributed by atoms with van der Waals surface area (Å²) < 4.78 is 12.3. The highest BCUT2D eigenvalue weighted by Gasteiger charge is 2.31. The Morgan fingerprint density at radius 3 is 1.24 bits per heavy atom. The number of nitrogens with zero attached hydrogens (tertiary/aromatic N) is 32. The summed E-state index contributed by atoms with van der Waals surface area (Å²) in [4.78, 5) is 79.3. The van der Waals surface area contributed by atoms with Crippen LogP contribution in [0.15, 0.2) is 195 Å². The zero-order chi connectivity index (χ0) is 91.6. The fourth-order valence-corrected chi connectivity index (χ4v) is 16.1. The fourth-order valence-electron chi connectivity index (χ4n) is 16.1. The van der Waals surface area contributed by atoms with Gasteiger partial charge in [0.05, 0.1) is 55.2 Å². The number of rotatable bonds is 28. The van der Waals surface area contributed by atoms with Crippen molar-refractivity contribution in [3.05, 3.63) is 228 Å². The Morgan fingerprint density at radius 2 is 0.806 bits per heavy atom. The Kier molecular flexibility index (Phi) is 26.9. The van der Waals surface area contributed by atoms with Crippen LogP contribution in [0.25, 0.3) is 84.5 Å². The largest absolute Gasteiger partial charge is 0.450 e. The quantitative estimate of drug-likeness (QED) is 0.0220. The third-order valence-corrected chi connectivity index (χ3v) is 23.1. The van der Waals surface area contributed by atoms with Crippen LogP contribution < -0.4 is 31.9 Å². The number of ether oxygens (including phenoxy) is 1. The molecule has 7 aromatic carbocycles. The number of tetrazole rings is 3. The Labute approximate surface area is 764 Å². The van der Waals surface area contributed by atoms with Gasteiger partial charge in [-0.1, -0.05) is 133 Å². The fraction of sp³-hybridized carbons (Fsp3) is 0.281. The number of aromatic amines is 3. The highest BCUT2D eigenvalue weighted by molar-refractivity contribution is 5.95. The van der Waals surface area contributed by atoms with Crippen LogP contribution in [-0.4, -0.2) is 266 Å². The van der Waals surface area contributed by atoms with Crippen LogP contribution in [0.3, 0.4) is 0 Å². The van der Waals surface area contributed by atoms with Crippen molar-refractivity contribution in [3.63, 3.8) is 0 Å². The predicted octanol–water partition coefficient (Wildman–Crippen LogP) is 10.4. The molecule has 0 radical (unpaired) electrons. The molecule has 3 aliphatic rings. The molecular formula is C89H93N41O4. The molecule has 2 atom stereocenters. The summed E-state index contributed by atoms with van der Waals surface area (Å²) in [5.41, 5.74) is 17.9. The minimum Gasteiger partial charge on any atom is -0.450 e. The molecule has 11 aromatic heterocycles. The summed E-state index contributed by atoms with van der Waals surface area (Å²) in [7, 11) is 0. The molecule has 1 saturated heterocycles. The Morgan fingerprint density at radius 1 is 0.410 bits per heavy atom. The van der Waals surface area contributed by atoms with E-state index in [0.29, 0.717) is 130 Å². The predicted molar refractivity (Wildman–Crippen MR) is 495 cm³/mol. The Hall–Kier alpha value is -17.0. The van der Waals surface area contributed by atoms with Gasteiger partial charge < -0.3 is 51.3 Å². The van der Waals surface area contributed by atoms with E-state index in [-0.39, 0.29) is 36.0 Å². The number of piperidine rings is 1. The highest BCUT2D eigenvalue weighted by Crippen LogP contribution is 2.38. The van der Waals surface area contributed by atoms with E-state index in [1.807, 2.05) is 111 Å². The van der Waals surface area contributed by atoms with Gasteiger partial charge in [-0.05, 0) is 194 Å². The number of anilines is 8. The number of carbonyl (C=O) groups excluding carboxylic acids is 3. The minimum atomic E-state index is -0.272. The molecular weight excluding hydrogens is 1710 g/mol. The van der Waals surface area contributed by atoms with E-state index in [2.05, 4.69) is 251 Å². The van der Waals surface area contributed by atoms with Crippen LogP contribution in [0.4, 0.5) is 51.3 Å². The van der Waals surface area contributed by atoms with Gasteiger partial charge in [0, 0.05) is 89.8 Å². The molecule has 0 saturated carbocycles. The summed E-state index contributed by atoms with van der Waals surface area (Å²) in [6, 6.07) is 54.5. The molecule has 3 amide bonds. The maximum atomic E-state index is 12.5. The molecule has 134 heavy (non-hydrogen) atoms. The zero-order valence-electron chi connectivity index (χ0n) is 73.7. The molecule has 2 unspecified atom stereocenters. The summed E-state index contributed by atoms with van der Waals surface area (Å²) in [5, 5.41) is 95.3. The number of hydrogen-bond donors (Lipinski definition) is 9. The number of fused-ring (bicyclic) bond motifs is 6. The molecule has 12 heterocycles. The first-order valence-electron chi connectivity index (χ1n) is 44.1. The van der Waals surface area contributed by atoms with Gasteiger partial charge in [0.15, 0.2) is 44.7 Å².